The molecule has 5 rings (SSSR count). The van der Waals surface area contributed by atoms with E-state index in [0.29, 0.717) is 6.42 Å². The van der Waals surface area contributed by atoms with Crippen LogP contribution in [0.1, 0.15) is 31.9 Å². The fourth-order valence-electron chi connectivity index (χ4n) is 5.15. The smallest absolute Gasteiger partial charge is 0.137 e. The van der Waals surface area contributed by atoms with Crippen LogP contribution in [0, 0.1) is 0 Å². The molecule has 2 atom stereocenters. The third-order valence-corrected chi connectivity index (χ3v) is 7.18. The second kappa shape index (κ2) is 9.70. The van der Waals surface area contributed by atoms with Crippen LogP contribution in [0.5, 0.6) is 0 Å². The first-order chi connectivity index (χ1) is 16.6. The first-order valence-corrected chi connectivity index (χ1v) is 12.1. The summed E-state index contributed by atoms with van der Waals surface area (Å²) in [6.45, 7) is 8.74. The lowest BCUT2D eigenvalue weighted by atomic mass is 9.90. The Morgan fingerprint density at radius 2 is 1.91 bits per heavy atom. The molecule has 1 saturated heterocycles. The van der Waals surface area contributed by atoms with E-state index in [1.54, 1.807) is 6.33 Å². The molecule has 1 fully saturated rings. The number of hydrogen-bond donors (Lipinski definition) is 2. The molecule has 2 aliphatic heterocycles. The molecule has 178 valence electrons. The summed E-state index contributed by atoms with van der Waals surface area (Å²) in [5.74, 6) is 0.831. The third kappa shape index (κ3) is 4.39. The van der Waals surface area contributed by atoms with Crippen molar-refractivity contribution in [3.63, 3.8) is 0 Å². The molecule has 0 spiro atoms. The molecule has 7 heteroatoms. The van der Waals surface area contributed by atoms with Crippen LogP contribution in [-0.2, 0) is 4.74 Å². The van der Waals surface area contributed by atoms with Gasteiger partial charge in [0.15, 0.2) is 0 Å². The SMILES string of the molecule is CC(Nc1ncnc2ccc(N3C=C(CCO)C(C)(N4CCOCC4)C3)cc12)c1ccccc1. The topological polar surface area (TPSA) is 73.8 Å². The molecule has 2 N–H and O–H groups in total. The number of fused-ring (bicyclic) bond motifs is 1. The minimum atomic E-state index is -0.127. The van der Waals surface area contributed by atoms with Gasteiger partial charge in [-0.3, -0.25) is 4.90 Å². The number of anilines is 2. The van der Waals surface area contributed by atoms with E-state index >= 15 is 0 Å². The average Bonchev–Trinajstić information content (AvgIpc) is 3.22. The Hall–Kier alpha value is -3.00. The van der Waals surface area contributed by atoms with Crippen molar-refractivity contribution < 1.29 is 9.84 Å². The Labute approximate surface area is 201 Å². The first kappa shape index (κ1) is 22.8. The Morgan fingerprint density at radius 1 is 1.12 bits per heavy atom. The van der Waals surface area contributed by atoms with Crippen LogP contribution in [-0.4, -0.2) is 65.0 Å². The van der Waals surface area contributed by atoms with Gasteiger partial charge >= 0.3 is 0 Å². The lowest BCUT2D eigenvalue weighted by Gasteiger charge is -2.42. The van der Waals surface area contributed by atoms with Crippen LogP contribution in [0.2, 0.25) is 0 Å². The van der Waals surface area contributed by atoms with Gasteiger partial charge in [-0.1, -0.05) is 30.3 Å². The summed E-state index contributed by atoms with van der Waals surface area (Å²) in [7, 11) is 0. The second-order valence-corrected chi connectivity index (χ2v) is 9.33. The number of hydrogen-bond acceptors (Lipinski definition) is 7. The molecular formula is C27H33N5O2. The Bertz CT molecular complexity index is 1160. The Morgan fingerprint density at radius 3 is 2.68 bits per heavy atom. The van der Waals surface area contributed by atoms with Crippen LogP contribution in [0.15, 0.2) is 66.6 Å². The predicted molar refractivity (Wildman–Crippen MR) is 136 cm³/mol. The fraction of sp³-hybridized carbons (Fsp3) is 0.407. The van der Waals surface area contributed by atoms with Crippen molar-refractivity contribution in [1.82, 2.24) is 14.9 Å². The van der Waals surface area contributed by atoms with Gasteiger partial charge in [0.1, 0.15) is 12.1 Å². The van der Waals surface area contributed by atoms with Crippen molar-refractivity contribution in [2.45, 2.75) is 31.8 Å². The zero-order valence-corrected chi connectivity index (χ0v) is 19.9. The molecule has 0 bridgehead atoms. The number of aliphatic hydroxyl groups is 1. The summed E-state index contributed by atoms with van der Waals surface area (Å²) in [4.78, 5) is 13.9. The number of benzene rings is 2. The van der Waals surface area contributed by atoms with Crippen molar-refractivity contribution in [3.05, 3.63) is 72.2 Å². The molecule has 3 heterocycles. The zero-order chi connectivity index (χ0) is 23.5. The number of nitrogens with zero attached hydrogens (tertiary/aromatic N) is 4. The highest BCUT2D eigenvalue weighted by atomic mass is 16.5. The highest BCUT2D eigenvalue weighted by Gasteiger charge is 2.41. The maximum atomic E-state index is 9.74. The first-order valence-electron chi connectivity index (χ1n) is 12.1. The van der Waals surface area contributed by atoms with Gasteiger partial charge in [0, 0.05) is 49.6 Å². The highest BCUT2D eigenvalue weighted by Crippen LogP contribution is 2.38. The number of rotatable bonds is 7. The van der Waals surface area contributed by atoms with E-state index in [1.165, 1.54) is 11.1 Å². The van der Waals surface area contributed by atoms with Gasteiger partial charge in [0.2, 0.25) is 0 Å². The quantitative estimate of drug-likeness (QED) is 0.554. The lowest BCUT2D eigenvalue weighted by molar-refractivity contribution is -0.000537. The molecule has 3 aromatic rings. The van der Waals surface area contributed by atoms with E-state index in [1.807, 2.05) is 6.07 Å². The second-order valence-electron chi connectivity index (χ2n) is 9.33. The number of aliphatic hydroxyl groups excluding tert-OH is 1. The van der Waals surface area contributed by atoms with Gasteiger partial charge < -0.3 is 20.1 Å². The summed E-state index contributed by atoms with van der Waals surface area (Å²) in [5.41, 5.74) is 4.36. The van der Waals surface area contributed by atoms with Crippen LogP contribution >= 0.6 is 0 Å². The maximum Gasteiger partial charge on any atom is 0.137 e. The summed E-state index contributed by atoms with van der Waals surface area (Å²) < 4.78 is 5.59. The van der Waals surface area contributed by atoms with Crippen LogP contribution < -0.4 is 10.2 Å². The standard InChI is InChI=1S/C27H33N5O2/c1-20(21-6-4-3-5-7-21)30-26-24-16-23(8-9-25(24)28-19-29-26)31-17-22(10-13-33)27(2,18-31)32-11-14-34-15-12-32/h3-9,16-17,19-20,33H,10-15,18H2,1-2H3,(H,28,29,30). The lowest BCUT2D eigenvalue weighted by Crippen LogP contribution is -2.55. The average molecular weight is 460 g/mol. The van der Waals surface area contributed by atoms with E-state index < -0.39 is 0 Å². The number of ether oxygens (including phenoxy) is 1. The molecule has 0 aliphatic carbocycles. The van der Waals surface area contributed by atoms with Crippen LogP contribution in [0.3, 0.4) is 0 Å². The molecule has 2 aromatic carbocycles. The van der Waals surface area contributed by atoms with E-state index in [-0.39, 0.29) is 18.2 Å². The van der Waals surface area contributed by atoms with Crippen LogP contribution in [0.25, 0.3) is 10.9 Å². The fourth-order valence-corrected chi connectivity index (χ4v) is 5.15. The van der Waals surface area contributed by atoms with Crippen molar-refractivity contribution in [3.8, 4) is 0 Å². The summed E-state index contributed by atoms with van der Waals surface area (Å²) in [6.07, 6.45) is 4.51. The summed E-state index contributed by atoms with van der Waals surface area (Å²) in [5, 5.41) is 14.3. The van der Waals surface area contributed by atoms with Gasteiger partial charge in [0.25, 0.3) is 0 Å². The monoisotopic (exact) mass is 459 g/mol. The molecule has 1 aromatic heterocycles. The summed E-state index contributed by atoms with van der Waals surface area (Å²) >= 11 is 0. The van der Waals surface area contributed by atoms with Crippen molar-refractivity contribution >= 4 is 22.4 Å². The molecular weight excluding hydrogens is 426 g/mol. The molecule has 7 nitrogen and oxygen atoms in total. The normalized spacial score (nSPS) is 22.1. The minimum absolute atomic E-state index is 0.121. The Kier molecular flexibility index (Phi) is 6.50. The minimum Gasteiger partial charge on any atom is -0.396 e. The van der Waals surface area contributed by atoms with Gasteiger partial charge in [-0.25, -0.2) is 9.97 Å². The number of nitrogens with one attached hydrogen (secondary N) is 1. The Balaban J connectivity index is 1.45. The molecule has 34 heavy (non-hydrogen) atoms. The van der Waals surface area contributed by atoms with Gasteiger partial charge in [-0.15, -0.1) is 0 Å². The van der Waals surface area contributed by atoms with Crippen molar-refractivity contribution in [1.29, 1.82) is 0 Å². The largest absolute Gasteiger partial charge is 0.396 e. The molecule has 2 unspecified atom stereocenters. The van der Waals surface area contributed by atoms with E-state index in [4.69, 9.17) is 4.74 Å². The van der Waals surface area contributed by atoms with Crippen molar-refractivity contribution in [2.75, 3.05) is 49.7 Å². The van der Waals surface area contributed by atoms with Gasteiger partial charge in [0.05, 0.1) is 24.3 Å². The molecule has 0 saturated carbocycles. The number of aromatic nitrogens is 2. The van der Waals surface area contributed by atoms with E-state index in [0.717, 1.165) is 55.3 Å². The molecule has 2 aliphatic rings. The van der Waals surface area contributed by atoms with Gasteiger partial charge in [-0.05, 0) is 49.6 Å². The third-order valence-electron chi connectivity index (χ3n) is 7.18. The number of morpholine rings is 1. The summed E-state index contributed by atoms with van der Waals surface area (Å²) in [6, 6.07) is 16.9. The zero-order valence-electron chi connectivity index (χ0n) is 19.9. The van der Waals surface area contributed by atoms with Crippen LogP contribution in [0.4, 0.5) is 11.5 Å². The molecule has 0 radical (unpaired) electrons. The van der Waals surface area contributed by atoms with Crippen molar-refractivity contribution in [2.24, 2.45) is 0 Å². The molecule has 0 amide bonds. The predicted octanol–water partition coefficient (Wildman–Crippen LogP) is 3.98. The van der Waals surface area contributed by atoms with Gasteiger partial charge in [-0.2, -0.15) is 0 Å². The highest BCUT2D eigenvalue weighted by molar-refractivity contribution is 5.92. The van der Waals surface area contributed by atoms with E-state index in [9.17, 15) is 5.11 Å². The maximum absolute atomic E-state index is 9.74. The van der Waals surface area contributed by atoms with E-state index in [2.05, 4.69) is 87.6 Å².